The summed E-state index contributed by atoms with van der Waals surface area (Å²) in [6.07, 6.45) is 5.12. The maximum absolute atomic E-state index is 12.7. The van der Waals surface area contributed by atoms with E-state index in [1.165, 1.54) is 0 Å². The minimum absolute atomic E-state index is 0.233. The van der Waals surface area contributed by atoms with Crippen LogP contribution in [0.4, 0.5) is 0 Å². The molecule has 0 unspecified atom stereocenters. The van der Waals surface area contributed by atoms with E-state index in [-0.39, 0.29) is 5.56 Å². The first-order valence-electron chi connectivity index (χ1n) is 10.2. The molecule has 0 amide bonds. The fourth-order valence-corrected chi connectivity index (χ4v) is 4.00. The predicted molar refractivity (Wildman–Crippen MR) is 126 cm³/mol. The normalized spacial score (nSPS) is 11.2. The highest BCUT2D eigenvalue weighted by molar-refractivity contribution is 5.94. The molecule has 32 heavy (non-hydrogen) atoms. The van der Waals surface area contributed by atoms with E-state index in [0.29, 0.717) is 17.0 Å². The van der Waals surface area contributed by atoms with Gasteiger partial charge in [0.05, 0.1) is 16.8 Å². The average molecular weight is 415 g/mol. The summed E-state index contributed by atoms with van der Waals surface area (Å²) in [5.74, 6) is 0.526. The van der Waals surface area contributed by atoms with E-state index in [9.17, 15) is 4.79 Å². The van der Waals surface area contributed by atoms with Crippen LogP contribution in [0.15, 0.2) is 96.2 Å². The zero-order chi connectivity index (χ0) is 21.5. The molecule has 2 N–H and O–H groups in total. The van der Waals surface area contributed by atoms with Gasteiger partial charge in [-0.2, -0.15) is 0 Å². The van der Waals surface area contributed by atoms with Crippen molar-refractivity contribution in [2.45, 2.75) is 0 Å². The van der Waals surface area contributed by atoms with Gasteiger partial charge >= 0.3 is 0 Å². The second-order valence-corrected chi connectivity index (χ2v) is 7.55. The van der Waals surface area contributed by atoms with E-state index in [1.807, 2.05) is 48.5 Å². The molecule has 0 saturated heterocycles. The number of aromatic amines is 2. The molecule has 0 radical (unpaired) electrons. The van der Waals surface area contributed by atoms with E-state index < -0.39 is 0 Å². The molecule has 0 spiro atoms. The van der Waals surface area contributed by atoms with Gasteiger partial charge in [-0.05, 0) is 35.9 Å². The van der Waals surface area contributed by atoms with Crippen molar-refractivity contribution in [2.75, 3.05) is 0 Å². The van der Waals surface area contributed by atoms with Crippen LogP contribution in [0.25, 0.3) is 55.7 Å². The van der Waals surface area contributed by atoms with Crippen molar-refractivity contribution >= 4 is 21.9 Å². The Hall–Kier alpha value is -4.58. The number of pyridine rings is 3. The summed E-state index contributed by atoms with van der Waals surface area (Å²) in [7, 11) is 0. The van der Waals surface area contributed by atoms with E-state index in [1.54, 1.807) is 18.6 Å². The van der Waals surface area contributed by atoms with Gasteiger partial charge in [0.15, 0.2) is 0 Å². The first kappa shape index (κ1) is 18.2. The van der Waals surface area contributed by atoms with Crippen molar-refractivity contribution in [1.82, 2.24) is 24.9 Å². The second kappa shape index (κ2) is 7.28. The Morgan fingerprint density at radius 2 is 1.59 bits per heavy atom. The highest BCUT2D eigenvalue weighted by atomic mass is 16.1. The number of fused-ring (bicyclic) bond motifs is 2. The second-order valence-electron chi connectivity index (χ2n) is 7.55. The molecule has 0 saturated carbocycles. The minimum atomic E-state index is -0.233. The SMILES string of the molecule is O=c1[nH]c2nc(-c3ccccc3)c(-c3ccc4ncccc4c3)cc2cc1-c1ncc[nH]1. The maximum Gasteiger partial charge on any atom is 0.260 e. The van der Waals surface area contributed by atoms with Crippen LogP contribution in [0, 0.1) is 0 Å². The van der Waals surface area contributed by atoms with E-state index in [2.05, 4.69) is 44.2 Å². The summed E-state index contributed by atoms with van der Waals surface area (Å²) in [6, 6.07) is 24.1. The summed E-state index contributed by atoms with van der Waals surface area (Å²) in [6.45, 7) is 0. The molecule has 4 heterocycles. The topological polar surface area (TPSA) is 87.3 Å². The van der Waals surface area contributed by atoms with Crippen molar-refractivity contribution in [1.29, 1.82) is 0 Å². The standard InChI is InChI=1S/C26H17N5O/c32-26-21(25-28-11-12-29-25)15-19-14-20(17-8-9-22-18(13-17)7-4-10-27-22)23(30-24(19)31-26)16-5-2-1-3-6-16/h1-15H,(H,28,29)(H,30,31,32). The summed E-state index contributed by atoms with van der Waals surface area (Å²) in [5, 5.41) is 1.89. The van der Waals surface area contributed by atoms with Crippen LogP contribution in [0.3, 0.4) is 0 Å². The lowest BCUT2D eigenvalue weighted by atomic mass is 9.96. The largest absolute Gasteiger partial charge is 0.344 e. The third kappa shape index (κ3) is 3.06. The lowest BCUT2D eigenvalue weighted by molar-refractivity contribution is 1.21. The van der Waals surface area contributed by atoms with E-state index >= 15 is 0 Å². The molecule has 0 fully saturated rings. The molecule has 152 valence electrons. The van der Waals surface area contributed by atoms with Crippen molar-refractivity contribution in [3.8, 4) is 33.8 Å². The van der Waals surface area contributed by atoms with Gasteiger partial charge in [-0.25, -0.2) is 9.97 Å². The fraction of sp³-hybridized carbons (Fsp3) is 0. The van der Waals surface area contributed by atoms with Crippen molar-refractivity contribution < 1.29 is 0 Å². The Morgan fingerprint density at radius 1 is 0.719 bits per heavy atom. The summed E-state index contributed by atoms with van der Waals surface area (Å²) < 4.78 is 0. The molecule has 2 aromatic carbocycles. The number of imidazole rings is 1. The van der Waals surface area contributed by atoms with Crippen LogP contribution in [-0.4, -0.2) is 24.9 Å². The molecule has 0 aliphatic heterocycles. The molecule has 6 heteroatoms. The third-order valence-corrected chi connectivity index (χ3v) is 5.54. The van der Waals surface area contributed by atoms with Gasteiger partial charge < -0.3 is 9.97 Å². The van der Waals surface area contributed by atoms with Crippen LogP contribution < -0.4 is 5.56 Å². The highest BCUT2D eigenvalue weighted by Gasteiger charge is 2.15. The van der Waals surface area contributed by atoms with Crippen LogP contribution in [-0.2, 0) is 0 Å². The van der Waals surface area contributed by atoms with Gasteiger partial charge in [-0.15, -0.1) is 0 Å². The molecule has 0 aliphatic carbocycles. The van der Waals surface area contributed by atoms with Gasteiger partial charge in [0.1, 0.15) is 11.5 Å². The molecular formula is C26H17N5O. The Morgan fingerprint density at radius 3 is 2.44 bits per heavy atom. The number of hydrogen-bond acceptors (Lipinski definition) is 4. The summed E-state index contributed by atoms with van der Waals surface area (Å²) in [5.41, 5.74) is 5.52. The molecule has 0 bridgehead atoms. The number of aromatic nitrogens is 5. The number of benzene rings is 2. The Labute approximate surface area is 182 Å². The van der Waals surface area contributed by atoms with Gasteiger partial charge in [0, 0.05) is 40.5 Å². The fourth-order valence-electron chi connectivity index (χ4n) is 4.00. The molecule has 0 atom stereocenters. The van der Waals surface area contributed by atoms with Gasteiger partial charge in [-0.1, -0.05) is 42.5 Å². The molecule has 6 aromatic rings. The third-order valence-electron chi connectivity index (χ3n) is 5.54. The molecule has 6 nitrogen and oxygen atoms in total. The molecule has 0 aliphatic rings. The Bertz CT molecular complexity index is 1640. The molecule has 4 aromatic heterocycles. The van der Waals surface area contributed by atoms with Gasteiger partial charge in [-0.3, -0.25) is 9.78 Å². The number of nitrogens with one attached hydrogen (secondary N) is 2. The van der Waals surface area contributed by atoms with Crippen molar-refractivity contribution in [3.63, 3.8) is 0 Å². The van der Waals surface area contributed by atoms with Crippen LogP contribution >= 0.6 is 0 Å². The quantitative estimate of drug-likeness (QED) is 0.416. The number of hydrogen-bond donors (Lipinski definition) is 2. The number of H-pyrrole nitrogens is 2. The van der Waals surface area contributed by atoms with Crippen molar-refractivity contribution in [3.05, 3.63) is 102 Å². The summed E-state index contributed by atoms with van der Waals surface area (Å²) >= 11 is 0. The molecule has 6 rings (SSSR count). The Kier molecular flexibility index (Phi) is 4.14. The first-order chi connectivity index (χ1) is 15.8. The van der Waals surface area contributed by atoms with Crippen molar-refractivity contribution in [2.24, 2.45) is 0 Å². The maximum atomic E-state index is 12.7. The Balaban J connectivity index is 1.65. The van der Waals surface area contributed by atoms with Gasteiger partial charge in [0.25, 0.3) is 5.56 Å². The minimum Gasteiger partial charge on any atom is -0.344 e. The smallest absolute Gasteiger partial charge is 0.260 e. The first-order valence-corrected chi connectivity index (χ1v) is 10.2. The van der Waals surface area contributed by atoms with E-state index in [4.69, 9.17) is 4.98 Å². The monoisotopic (exact) mass is 415 g/mol. The van der Waals surface area contributed by atoms with Crippen LogP contribution in [0.2, 0.25) is 0 Å². The number of rotatable bonds is 3. The van der Waals surface area contributed by atoms with Crippen LogP contribution in [0.5, 0.6) is 0 Å². The zero-order valence-corrected chi connectivity index (χ0v) is 16.9. The lowest BCUT2D eigenvalue weighted by Crippen LogP contribution is -2.10. The lowest BCUT2D eigenvalue weighted by Gasteiger charge is -2.12. The highest BCUT2D eigenvalue weighted by Crippen LogP contribution is 2.34. The zero-order valence-electron chi connectivity index (χ0n) is 16.9. The van der Waals surface area contributed by atoms with Crippen LogP contribution in [0.1, 0.15) is 0 Å². The number of nitrogens with zero attached hydrogens (tertiary/aromatic N) is 3. The van der Waals surface area contributed by atoms with Gasteiger partial charge in [0.2, 0.25) is 0 Å². The molecular weight excluding hydrogens is 398 g/mol. The average Bonchev–Trinajstić information content (AvgIpc) is 3.38. The van der Waals surface area contributed by atoms with E-state index in [0.717, 1.165) is 38.7 Å². The summed E-state index contributed by atoms with van der Waals surface area (Å²) in [4.78, 5) is 32.2. The predicted octanol–water partition coefficient (Wildman–Crippen LogP) is 5.20.